The summed E-state index contributed by atoms with van der Waals surface area (Å²) in [5, 5.41) is 0.368. The second kappa shape index (κ2) is 2.76. The van der Waals surface area contributed by atoms with Crippen LogP contribution < -0.4 is 0 Å². The molecule has 0 aliphatic carbocycles. The van der Waals surface area contributed by atoms with Crippen molar-refractivity contribution in [2.75, 3.05) is 13.2 Å². The second-order valence-electron chi connectivity index (χ2n) is 2.47. The van der Waals surface area contributed by atoms with Gasteiger partial charge in [0.15, 0.2) is 0 Å². The van der Waals surface area contributed by atoms with Crippen LogP contribution in [0.1, 0.15) is 13.8 Å². The van der Waals surface area contributed by atoms with Crippen LogP contribution in [0.4, 0.5) is 0 Å². The lowest BCUT2D eigenvalue weighted by atomic mass is 10.1. The Labute approximate surface area is 61.5 Å². The van der Waals surface area contributed by atoms with Crippen molar-refractivity contribution in [2.24, 2.45) is 0 Å². The number of thiol groups is 1. The average molecular weight is 144 g/mol. The molecule has 1 rings (SSSR count). The molecule has 9 heavy (non-hydrogen) atoms. The summed E-state index contributed by atoms with van der Waals surface area (Å²) < 4.78 is 5.21. The minimum absolute atomic E-state index is 0.368. The maximum Gasteiger partial charge on any atom is 0.0695 e. The molecule has 0 N–H and O–H groups in total. The topological polar surface area (TPSA) is 9.23 Å². The Hall–Kier alpha value is 0.0500. The van der Waals surface area contributed by atoms with Crippen LogP contribution in [-0.2, 0) is 4.74 Å². The van der Waals surface area contributed by atoms with E-state index < -0.39 is 0 Å². The standard InChI is InChI=1S/C7H12OS/c1-5-3-8-4-7(5)6(2)9/h6,9H,3-4H2,1-2H3. The summed E-state index contributed by atoms with van der Waals surface area (Å²) >= 11 is 4.31. The molecule has 0 aromatic rings. The first-order valence-corrected chi connectivity index (χ1v) is 3.68. The molecule has 1 nitrogen and oxygen atoms in total. The monoisotopic (exact) mass is 144 g/mol. The highest BCUT2D eigenvalue weighted by atomic mass is 32.1. The largest absolute Gasteiger partial charge is 0.373 e. The van der Waals surface area contributed by atoms with Gasteiger partial charge in [-0.05, 0) is 25.0 Å². The molecule has 1 aliphatic rings. The van der Waals surface area contributed by atoms with Crippen molar-refractivity contribution in [3.63, 3.8) is 0 Å². The predicted molar refractivity (Wildman–Crippen MR) is 42.0 cm³/mol. The highest BCUT2D eigenvalue weighted by Crippen LogP contribution is 2.19. The molecule has 0 fully saturated rings. The first kappa shape index (κ1) is 7.16. The molecule has 0 aromatic carbocycles. The molecule has 0 aromatic heterocycles. The van der Waals surface area contributed by atoms with E-state index in [0.29, 0.717) is 5.25 Å². The minimum Gasteiger partial charge on any atom is -0.373 e. The van der Waals surface area contributed by atoms with Gasteiger partial charge in [-0.3, -0.25) is 0 Å². The van der Waals surface area contributed by atoms with E-state index in [4.69, 9.17) is 4.74 Å². The molecule has 0 radical (unpaired) electrons. The molecule has 1 aliphatic heterocycles. The van der Waals surface area contributed by atoms with Crippen LogP contribution in [-0.4, -0.2) is 18.5 Å². The van der Waals surface area contributed by atoms with Gasteiger partial charge in [-0.2, -0.15) is 12.6 Å². The van der Waals surface area contributed by atoms with E-state index in [-0.39, 0.29) is 0 Å². The van der Waals surface area contributed by atoms with Crippen molar-refractivity contribution in [1.29, 1.82) is 0 Å². The Bertz CT molecular complexity index is 138. The average Bonchev–Trinajstić information content (AvgIpc) is 2.13. The highest BCUT2D eigenvalue weighted by Gasteiger charge is 2.13. The lowest BCUT2D eigenvalue weighted by molar-refractivity contribution is 0.204. The van der Waals surface area contributed by atoms with Gasteiger partial charge in [0.2, 0.25) is 0 Å². The van der Waals surface area contributed by atoms with Crippen molar-refractivity contribution in [1.82, 2.24) is 0 Å². The van der Waals surface area contributed by atoms with Gasteiger partial charge in [-0.25, -0.2) is 0 Å². The lowest BCUT2D eigenvalue weighted by Gasteiger charge is -2.03. The van der Waals surface area contributed by atoms with Crippen LogP contribution in [0.25, 0.3) is 0 Å². The van der Waals surface area contributed by atoms with Gasteiger partial charge in [-0.15, -0.1) is 0 Å². The molecule has 0 bridgehead atoms. The second-order valence-corrected chi connectivity index (χ2v) is 3.25. The molecule has 52 valence electrons. The van der Waals surface area contributed by atoms with Gasteiger partial charge in [0, 0.05) is 5.25 Å². The number of rotatable bonds is 1. The van der Waals surface area contributed by atoms with Crippen molar-refractivity contribution < 1.29 is 4.74 Å². The fourth-order valence-corrected chi connectivity index (χ4v) is 1.30. The Morgan fingerprint density at radius 1 is 1.56 bits per heavy atom. The summed E-state index contributed by atoms with van der Waals surface area (Å²) in [5.41, 5.74) is 2.72. The summed E-state index contributed by atoms with van der Waals surface area (Å²) in [6.07, 6.45) is 0. The summed E-state index contributed by atoms with van der Waals surface area (Å²) in [5.74, 6) is 0. The molecule has 0 saturated heterocycles. The third-order valence-electron chi connectivity index (χ3n) is 1.63. The van der Waals surface area contributed by atoms with Gasteiger partial charge in [0.1, 0.15) is 0 Å². The Morgan fingerprint density at radius 2 is 2.22 bits per heavy atom. The van der Waals surface area contributed by atoms with Gasteiger partial charge >= 0.3 is 0 Å². The van der Waals surface area contributed by atoms with E-state index in [1.54, 1.807) is 0 Å². The van der Waals surface area contributed by atoms with E-state index in [2.05, 4.69) is 26.5 Å². The summed E-state index contributed by atoms with van der Waals surface area (Å²) in [6, 6.07) is 0. The zero-order valence-corrected chi connectivity index (χ0v) is 6.74. The molecule has 1 unspecified atom stereocenters. The molecule has 2 heteroatoms. The Balaban J connectivity index is 2.66. The Kier molecular flexibility index (Phi) is 2.19. The smallest absolute Gasteiger partial charge is 0.0695 e. The summed E-state index contributed by atoms with van der Waals surface area (Å²) in [4.78, 5) is 0. The van der Waals surface area contributed by atoms with Crippen LogP contribution in [0.2, 0.25) is 0 Å². The van der Waals surface area contributed by atoms with Gasteiger partial charge in [0.05, 0.1) is 13.2 Å². The van der Waals surface area contributed by atoms with Crippen molar-refractivity contribution in [2.45, 2.75) is 19.1 Å². The molecule has 0 saturated carbocycles. The third kappa shape index (κ3) is 1.49. The highest BCUT2D eigenvalue weighted by molar-refractivity contribution is 7.81. The van der Waals surface area contributed by atoms with Crippen molar-refractivity contribution in [3.8, 4) is 0 Å². The zero-order chi connectivity index (χ0) is 6.85. The van der Waals surface area contributed by atoms with Gasteiger partial charge < -0.3 is 4.74 Å². The summed E-state index contributed by atoms with van der Waals surface area (Å²) in [6.45, 7) is 5.78. The fourth-order valence-electron chi connectivity index (χ4n) is 1.01. The summed E-state index contributed by atoms with van der Waals surface area (Å²) in [7, 11) is 0. The zero-order valence-electron chi connectivity index (χ0n) is 5.85. The van der Waals surface area contributed by atoms with E-state index in [0.717, 1.165) is 13.2 Å². The van der Waals surface area contributed by atoms with Crippen molar-refractivity contribution >= 4 is 12.6 Å². The molecule has 1 atom stereocenters. The third-order valence-corrected chi connectivity index (χ3v) is 1.94. The van der Waals surface area contributed by atoms with Crippen LogP contribution in [0.3, 0.4) is 0 Å². The van der Waals surface area contributed by atoms with Crippen LogP contribution in [0.15, 0.2) is 11.1 Å². The first-order valence-electron chi connectivity index (χ1n) is 3.16. The molecular formula is C7H12OS. The fraction of sp³-hybridized carbons (Fsp3) is 0.714. The first-order chi connectivity index (χ1) is 4.22. The van der Waals surface area contributed by atoms with E-state index in [1.807, 2.05) is 0 Å². The molecular weight excluding hydrogens is 132 g/mol. The van der Waals surface area contributed by atoms with E-state index in [1.165, 1.54) is 11.1 Å². The van der Waals surface area contributed by atoms with E-state index >= 15 is 0 Å². The maximum atomic E-state index is 5.21. The predicted octanol–water partition coefficient (Wildman–Crippen LogP) is 1.65. The van der Waals surface area contributed by atoms with Crippen molar-refractivity contribution in [3.05, 3.63) is 11.1 Å². The number of hydrogen-bond donors (Lipinski definition) is 1. The van der Waals surface area contributed by atoms with E-state index in [9.17, 15) is 0 Å². The lowest BCUT2D eigenvalue weighted by Crippen LogP contribution is -1.99. The Morgan fingerprint density at radius 3 is 2.44 bits per heavy atom. The van der Waals surface area contributed by atoms with Crippen LogP contribution in [0, 0.1) is 0 Å². The van der Waals surface area contributed by atoms with Crippen LogP contribution in [0.5, 0.6) is 0 Å². The maximum absolute atomic E-state index is 5.21. The van der Waals surface area contributed by atoms with Crippen LogP contribution >= 0.6 is 12.6 Å². The molecule has 0 amide bonds. The van der Waals surface area contributed by atoms with Gasteiger partial charge in [0.25, 0.3) is 0 Å². The minimum atomic E-state index is 0.368. The number of ether oxygens (including phenoxy) is 1. The van der Waals surface area contributed by atoms with Gasteiger partial charge in [-0.1, -0.05) is 0 Å². The SMILES string of the molecule is CC1=C(C(C)S)COC1. The molecule has 1 heterocycles. The quantitative estimate of drug-likeness (QED) is 0.435. The normalized spacial score (nSPS) is 23.0. The molecule has 0 spiro atoms. The number of hydrogen-bond acceptors (Lipinski definition) is 2.